The van der Waals surface area contributed by atoms with E-state index in [4.69, 9.17) is 0 Å². The number of thiophene rings is 1. The van der Waals surface area contributed by atoms with E-state index in [-0.39, 0.29) is 0 Å². The van der Waals surface area contributed by atoms with Gasteiger partial charge in [0.15, 0.2) is 0 Å². The smallest absolute Gasteiger partial charge is 0.0546 e. The van der Waals surface area contributed by atoms with Crippen molar-refractivity contribution in [3.63, 3.8) is 0 Å². The van der Waals surface area contributed by atoms with Gasteiger partial charge in [0.05, 0.1) is 11.4 Å². The van der Waals surface area contributed by atoms with Crippen molar-refractivity contribution in [2.45, 2.75) is 0 Å². The van der Waals surface area contributed by atoms with Gasteiger partial charge in [-0.25, -0.2) is 0 Å². The minimum atomic E-state index is 1.08. The average molecular weight is 832 g/mol. The minimum Gasteiger partial charge on any atom is -0.309 e. The number of rotatable bonds is 8. The Labute approximate surface area is 377 Å². The summed E-state index contributed by atoms with van der Waals surface area (Å²) < 4.78 is 2.60. The van der Waals surface area contributed by atoms with E-state index in [0.717, 1.165) is 39.3 Å². The van der Waals surface area contributed by atoms with Crippen molar-refractivity contribution in [2.24, 2.45) is 0 Å². The van der Waals surface area contributed by atoms with Crippen LogP contribution in [0.15, 0.2) is 249 Å². The molecule has 0 atom stereocenters. The molecule has 0 saturated heterocycles. The number of nitrogens with zero attached hydrogens (tertiary/aromatic N) is 1. The predicted octanol–water partition coefficient (Wildman–Crippen LogP) is 18.2. The zero-order valence-electron chi connectivity index (χ0n) is 35.0. The van der Waals surface area contributed by atoms with Crippen LogP contribution in [0.1, 0.15) is 0 Å². The van der Waals surface area contributed by atoms with Crippen LogP contribution in [0.5, 0.6) is 0 Å². The SMILES string of the molecule is c1ccc(-c2ccc(-c3cccc4ccccc34)cc2N(c2cccc(-c3cccc4sc5ccccc5c34)c2)c2ccccc2-c2cccc3cccc(-c4ccccc4)c23)cc1. The van der Waals surface area contributed by atoms with Gasteiger partial charge in [-0.2, -0.15) is 0 Å². The summed E-state index contributed by atoms with van der Waals surface area (Å²) in [5, 5.41) is 7.51. The monoisotopic (exact) mass is 831 g/mol. The molecular weight excluding hydrogens is 791 g/mol. The maximum atomic E-state index is 2.52. The first kappa shape index (κ1) is 37.7. The van der Waals surface area contributed by atoms with Crippen LogP contribution in [0.2, 0.25) is 0 Å². The summed E-state index contributed by atoms with van der Waals surface area (Å²) in [6.07, 6.45) is 0. The van der Waals surface area contributed by atoms with Gasteiger partial charge >= 0.3 is 0 Å². The molecule has 2 heteroatoms. The number of fused-ring (bicyclic) bond motifs is 5. The lowest BCUT2D eigenvalue weighted by atomic mass is 9.90. The van der Waals surface area contributed by atoms with Crippen LogP contribution < -0.4 is 4.90 Å². The summed E-state index contributed by atoms with van der Waals surface area (Å²) in [7, 11) is 0. The van der Waals surface area contributed by atoms with Crippen LogP contribution in [0.25, 0.3) is 97.4 Å². The maximum Gasteiger partial charge on any atom is 0.0546 e. The zero-order chi connectivity index (χ0) is 42.4. The van der Waals surface area contributed by atoms with E-state index < -0.39 is 0 Å². The summed E-state index contributed by atoms with van der Waals surface area (Å²) >= 11 is 1.86. The van der Waals surface area contributed by atoms with Crippen molar-refractivity contribution >= 4 is 70.1 Å². The van der Waals surface area contributed by atoms with E-state index in [1.807, 2.05) is 11.3 Å². The Bertz CT molecular complexity index is 3670. The van der Waals surface area contributed by atoms with Gasteiger partial charge in [0, 0.05) is 37.0 Å². The van der Waals surface area contributed by atoms with Crippen LogP contribution in [0.3, 0.4) is 0 Å². The largest absolute Gasteiger partial charge is 0.309 e. The lowest BCUT2D eigenvalue weighted by Crippen LogP contribution is -2.13. The summed E-state index contributed by atoms with van der Waals surface area (Å²) in [6, 6.07) is 91.2. The van der Waals surface area contributed by atoms with Gasteiger partial charge in [-0.3, -0.25) is 0 Å². The first-order valence-electron chi connectivity index (χ1n) is 21.9. The Kier molecular flexibility index (Phi) is 9.43. The van der Waals surface area contributed by atoms with Crippen LogP contribution in [-0.4, -0.2) is 0 Å². The molecule has 0 amide bonds. The Hall–Kier alpha value is -8.04. The molecule has 0 unspecified atom stereocenters. The highest BCUT2D eigenvalue weighted by Crippen LogP contribution is 2.49. The van der Waals surface area contributed by atoms with Crippen molar-refractivity contribution < 1.29 is 0 Å². The van der Waals surface area contributed by atoms with E-state index in [1.54, 1.807) is 0 Å². The summed E-state index contributed by atoms with van der Waals surface area (Å²) in [5.41, 5.74) is 15.1. The fraction of sp³-hybridized carbons (Fsp3) is 0. The fourth-order valence-corrected chi connectivity index (χ4v) is 10.9. The third-order valence-electron chi connectivity index (χ3n) is 12.7. The highest BCUT2D eigenvalue weighted by molar-refractivity contribution is 7.25. The van der Waals surface area contributed by atoms with E-state index in [1.165, 1.54) is 75.1 Å². The molecule has 1 aromatic heterocycles. The molecule has 0 aliphatic heterocycles. The van der Waals surface area contributed by atoms with Crippen LogP contribution in [0, 0.1) is 0 Å². The van der Waals surface area contributed by atoms with Crippen LogP contribution >= 0.6 is 11.3 Å². The normalized spacial score (nSPS) is 11.4. The van der Waals surface area contributed by atoms with Gasteiger partial charge < -0.3 is 4.90 Å². The molecule has 0 spiro atoms. The zero-order valence-corrected chi connectivity index (χ0v) is 35.8. The number of benzene rings is 11. The van der Waals surface area contributed by atoms with Gasteiger partial charge in [-0.1, -0.05) is 212 Å². The van der Waals surface area contributed by atoms with E-state index in [2.05, 4.69) is 254 Å². The molecule has 64 heavy (non-hydrogen) atoms. The first-order chi connectivity index (χ1) is 31.8. The van der Waals surface area contributed by atoms with Crippen molar-refractivity contribution in [3.05, 3.63) is 249 Å². The van der Waals surface area contributed by atoms with E-state index in [9.17, 15) is 0 Å². The molecule has 1 nitrogen and oxygen atoms in total. The van der Waals surface area contributed by atoms with Crippen molar-refractivity contribution in [1.82, 2.24) is 0 Å². The molecule has 0 radical (unpaired) electrons. The maximum absolute atomic E-state index is 2.52. The molecule has 0 bridgehead atoms. The van der Waals surface area contributed by atoms with Crippen molar-refractivity contribution in [2.75, 3.05) is 4.90 Å². The fourth-order valence-electron chi connectivity index (χ4n) is 9.78. The third kappa shape index (κ3) is 6.55. The Morgan fingerprint density at radius 3 is 1.61 bits per heavy atom. The predicted molar refractivity (Wildman–Crippen MR) is 276 cm³/mol. The Balaban J connectivity index is 1.16. The molecule has 1 heterocycles. The average Bonchev–Trinajstić information content (AvgIpc) is 3.76. The van der Waals surface area contributed by atoms with E-state index >= 15 is 0 Å². The molecule has 0 aliphatic rings. The van der Waals surface area contributed by atoms with Crippen molar-refractivity contribution in [3.8, 4) is 55.6 Å². The second kappa shape index (κ2) is 16.0. The summed E-state index contributed by atoms with van der Waals surface area (Å²) in [5.74, 6) is 0. The lowest BCUT2D eigenvalue weighted by Gasteiger charge is -2.31. The summed E-state index contributed by atoms with van der Waals surface area (Å²) in [4.78, 5) is 2.52. The second-order valence-corrected chi connectivity index (χ2v) is 17.5. The molecule has 11 aromatic carbocycles. The second-order valence-electron chi connectivity index (χ2n) is 16.4. The molecule has 0 N–H and O–H groups in total. The van der Waals surface area contributed by atoms with Gasteiger partial charge in [-0.05, 0) is 102 Å². The minimum absolute atomic E-state index is 1.08. The highest BCUT2D eigenvalue weighted by atomic mass is 32.1. The Morgan fingerprint density at radius 1 is 0.266 bits per heavy atom. The van der Waals surface area contributed by atoms with Gasteiger partial charge in [0.1, 0.15) is 0 Å². The molecule has 12 rings (SSSR count). The Morgan fingerprint density at radius 2 is 0.797 bits per heavy atom. The number of hydrogen-bond donors (Lipinski definition) is 0. The molecular formula is C62H41NS. The number of para-hydroxylation sites is 1. The topological polar surface area (TPSA) is 3.24 Å². The molecule has 300 valence electrons. The molecule has 12 aromatic rings. The quantitative estimate of drug-likeness (QED) is 0.147. The lowest BCUT2D eigenvalue weighted by molar-refractivity contribution is 1.28. The van der Waals surface area contributed by atoms with E-state index in [0.29, 0.717) is 0 Å². The standard InChI is InChI=1S/C62H41NS/c1-3-18-43(19-4-1)51-39-38-47(50-31-14-23-42-22-7-8-28-49(42)50)41-58(51)63(48-27-13-26-46(40-48)53-33-17-37-60-62(53)56-30-10-12-36-59(56)64-60)57-35-11-9-29-54(57)55-34-16-25-45-24-15-32-52(61(45)55)44-20-5-2-6-21-44/h1-41H. The van der Waals surface area contributed by atoms with Gasteiger partial charge in [-0.15, -0.1) is 11.3 Å². The van der Waals surface area contributed by atoms with Crippen molar-refractivity contribution in [1.29, 1.82) is 0 Å². The molecule has 0 fully saturated rings. The van der Waals surface area contributed by atoms with Gasteiger partial charge in [0.2, 0.25) is 0 Å². The third-order valence-corrected chi connectivity index (χ3v) is 13.8. The van der Waals surface area contributed by atoms with Crippen LogP contribution in [-0.2, 0) is 0 Å². The first-order valence-corrected chi connectivity index (χ1v) is 22.7. The van der Waals surface area contributed by atoms with Crippen LogP contribution in [0.4, 0.5) is 17.1 Å². The molecule has 0 saturated carbocycles. The van der Waals surface area contributed by atoms with Gasteiger partial charge in [0.25, 0.3) is 0 Å². The highest BCUT2D eigenvalue weighted by Gasteiger charge is 2.24. The summed E-state index contributed by atoms with van der Waals surface area (Å²) in [6.45, 7) is 0. The number of anilines is 3. The number of hydrogen-bond acceptors (Lipinski definition) is 2. The molecule has 0 aliphatic carbocycles.